The topological polar surface area (TPSA) is 95.8 Å². The molecule has 0 aromatic heterocycles. The lowest BCUT2D eigenvalue weighted by atomic mass is 9.49. The molecule has 6 bridgehead atoms. The summed E-state index contributed by atoms with van der Waals surface area (Å²) in [6.45, 7) is 4.17. The number of carbonyl (C=O) groups is 1. The highest BCUT2D eigenvalue weighted by atomic mass is 32.2. The van der Waals surface area contributed by atoms with Crippen molar-refractivity contribution in [2.75, 3.05) is 5.75 Å². The smallest absolute Gasteiger partial charge is 0.265 e. The Morgan fingerprint density at radius 1 is 1.14 bits per heavy atom. The van der Waals surface area contributed by atoms with Gasteiger partial charge in [0.1, 0.15) is 0 Å². The maximum Gasteiger partial charge on any atom is 0.265 e. The molecule has 0 spiro atoms. The van der Waals surface area contributed by atoms with Gasteiger partial charge in [0, 0.05) is 11.1 Å². The van der Waals surface area contributed by atoms with Gasteiger partial charge in [-0.15, -0.1) is 0 Å². The van der Waals surface area contributed by atoms with Gasteiger partial charge in [0.25, 0.3) is 10.1 Å². The third kappa shape index (κ3) is 2.64. The summed E-state index contributed by atoms with van der Waals surface area (Å²) in [4.78, 5) is 13.2. The van der Waals surface area contributed by atoms with E-state index in [9.17, 15) is 17.8 Å². The van der Waals surface area contributed by atoms with E-state index in [0.717, 1.165) is 31.4 Å². The summed E-state index contributed by atoms with van der Waals surface area (Å²) in [6.07, 6.45) is 9.18. The van der Waals surface area contributed by atoms with Crippen molar-refractivity contribution >= 4 is 21.7 Å². The Bertz CT molecular complexity index is 811. The van der Waals surface area contributed by atoms with Crippen LogP contribution in [0.5, 0.6) is 0 Å². The fourth-order valence-corrected chi connectivity index (χ4v) is 9.53. The highest BCUT2D eigenvalue weighted by Crippen LogP contribution is 2.65. The van der Waals surface area contributed by atoms with Gasteiger partial charge in [-0.2, -0.15) is 13.5 Å². The van der Waals surface area contributed by atoms with Gasteiger partial charge in [0.2, 0.25) is 5.91 Å². The van der Waals surface area contributed by atoms with Crippen LogP contribution in [0.2, 0.25) is 0 Å². The van der Waals surface area contributed by atoms with Crippen molar-refractivity contribution in [1.82, 2.24) is 5.43 Å². The summed E-state index contributed by atoms with van der Waals surface area (Å²) >= 11 is 0. The van der Waals surface area contributed by atoms with Crippen LogP contribution in [0.3, 0.4) is 0 Å². The van der Waals surface area contributed by atoms with E-state index >= 15 is 0 Å². The predicted molar refractivity (Wildman–Crippen MR) is 106 cm³/mol. The van der Waals surface area contributed by atoms with Crippen LogP contribution < -0.4 is 5.43 Å². The lowest BCUT2D eigenvalue weighted by Gasteiger charge is -2.55. The number of rotatable bonds is 4. The number of carbonyl (C=O) groups excluding carboxylic acids is 1. The molecule has 0 aliphatic heterocycles. The van der Waals surface area contributed by atoms with E-state index in [4.69, 9.17) is 0 Å². The van der Waals surface area contributed by atoms with E-state index in [1.807, 2.05) is 0 Å². The van der Waals surface area contributed by atoms with Crippen LogP contribution in [0, 0.1) is 39.9 Å². The Morgan fingerprint density at radius 2 is 1.71 bits per heavy atom. The molecule has 0 unspecified atom stereocenters. The summed E-state index contributed by atoms with van der Waals surface area (Å²) in [7, 11) is -4.12. The molecule has 0 saturated heterocycles. The average molecular weight is 409 g/mol. The monoisotopic (exact) mass is 408 g/mol. The van der Waals surface area contributed by atoms with E-state index in [-0.39, 0.29) is 22.5 Å². The number of hydrogen-bond donors (Lipinski definition) is 2. The molecule has 6 nitrogen and oxygen atoms in total. The summed E-state index contributed by atoms with van der Waals surface area (Å²) in [5.74, 6) is 2.17. The van der Waals surface area contributed by atoms with E-state index in [1.54, 1.807) is 0 Å². The molecule has 0 radical (unpaired) electrons. The van der Waals surface area contributed by atoms with Crippen LogP contribution in [-0.4, -0.2) is 30.3 Å². The van der Waals surface area contributed by atoms with Gasteiger partial charge < -0.3 is 0 Å². The number of hydrazone groups is 1. The Labute approximate surface area is 167 Å². The second-order valence-electron chi connectivity index (χ2n) is 11.2. The molecule has 6 aliphatic rings. The van der Waals surface area contributed by atoms with Gasteiger partial charge in [0.15, 0.2) is 0 Å². The number of nitrogens with zero attached hydrogens (tertiary/aromatic N) is 1. The fraction of sp³-hybridized carbons (Fsp3) is 0.905. The molecule has 0 aromatic carbocycles. The van der Waals surface area contributed by atoms with Crippen molar-refractivity contribution in [3.05, 3.63) is 0 Å². The first kappa shape index (κ1) is 19.0. The zero-order chi connectivity index (χ0) is 19.9. The van der Waals surface area contributed by atoms with Crippen LogP contribution in [0.1, 0.15) is 71.6 Å². The fourth-order valence-electron chi connectivity index (χ4n) is 8.23. The van der Waals surface area contributed by atoms with Gasteiger partial charge in [-0.1, -0.05) is 13.8 Å². The van der Waals surface area contributed by atoms with E-state index in [1.165, 1.54) is 19.3 Å². The quantitative estimate of drug-likeness (QED) is 0.550. The first-order valence-electron chi connectivity index (χ1n) is 10.9. The molecule has 6 rings (SSSR count). The lowest BCUT2D eigenvalue weighted by Crippen LogP contribution is -2.53. The van der Waals surface area contributed by atoms with Crippen molar-refractivity contribution in [3.63, 3.8) is 0 Å². The largest absolute Gasteiger partial charge is 0.286 e. The molecule has 6 fully saturated rings. The molecule has 0 aromatic rings. The van der Waals surface area contributed by atoms with Crippen molar-refractivity contribution < 1.29 is 17.8 Å². The Kier molecular flexibility index (Phi) is 3.95. The first-order valence-corrected chi connectivity index (χ1v) is 12.5. The Morgan fingerprint density at radius 3 is 2.21 bits per heavy atom. The van der Waals surface area contributed by atoms with E-state index < -0.39 is 15.5 Å². The molecule has 0 heterocycles. The van der Waals surface area contributed by atoms with Crippen LogP contribution >= 0.6 is 0 Å². The molecule has 28 heavy (non-hydrogen) atoms. The molecule has 2 atom stereocenters. The summed E-state index contributed by atoms with van der Waals surface area (Å²) in [5.41, 5.74) is 2.48. The van der Waals surface area contributed by atoms with Crippen molar-refractivity contribution in [2.24, 2.45) is 45.0 Å². The standard InChI is InChI=1S/C21H32N2O4S/c1-19(2)16-3-4-21(19,12-28(25,26)27)17(8-16)22-23-18(24)20-9-13-5-14(10-20)7-15(6-13)11-20/h13-16H,3-12H2,1-2H3,(H,23,24)(H,25,26,27)/b22-17-/t13?,14?,15?,16-,20?,21-/m0/s1. The zero-order valence-electron chi connectivity index (χ0n) is 16.9. The third-order valence-electron chi connectivity index (χ3n) is 9.41. The van der Waals surface area contributed by atoms with Gasteiger partial charge in [-0.05, 0) is 86.9 Å². The number of fused-ring (bicyclic) bond motifs is 2. The van der Waals surface area contributed by atoms with Crippen LogP contribution in [0.4, 0.5) is 0 Å². The van der Waals surface area contributed by atoms with Crippen molar-refractivity contribution in [1.29, 1.82) is 0 Å². The van der Waals surface area contributed by atoms with Crippen LogP contribution in [-0.2, 0) is 14.9 Å². The van der Waals surface area contributed by atoms with Crippen LogP contribution in [0.15, 0.2) is 5.10 Å². The predicted octanol–water partition coefficient (Wildman–Crippen LogP) is 3.39. The SMILES string of the molecule is CC1(C)[C@H]2CC[C@]1(CS(=O)(=O)O)/C(=N\NC(=O)C13CC4CC(CC(C4)C1)C3)C2. The molecule has 156 valence electrons. The molecule has 1 amide bonds. The second-order valence-corrected chi connectivity index (χ2v) is 12.6. The van der Waals surface area contributed by atoms with E-state index in [0.29, 0.717) is 36.5 Å². The minimum absolute atomic E-state index is 0.0432. The number of amides is 1. The average Bonchev–Trinajstić information content (AvgIpc) is 2.91. The van der Waals surface area contributed by atoms with Crippen molar-refractivity contribution in [2.45, 2.75) is 71.6 Å². The molecule has 6 saturated carbocycles. The summed E-state index contributed by atoms with van der Waals surface area (Å²) < 4.78 is 33.2. The number of hydrogen-bond acceptors (Lipinski definition) is 4. The Balaban J connectivity index is 1.40. The molecule has 7 heteroatoms. The van der Waals surface area contributed by atoms with Gasteiger partial charge >= 0.3 is 0 Å². The third-order valence-corrected chi connectivity index (χ3v) is 10.3. The number of nitrogens with one attached hydrogen (secondary N) is 1. The lowest BCUT2D eigenvalue weighted by molar-refractivity contribution is -0.146. The molecule has 6 aliphatic carbocycles. The normalized spacial score (nSPS) is 47.0. The minimum atomic E-state index is -4.12. The molecular formula is C21H32N2O4S. The van der Waals surface area contributed by atoms with Gasteiger partial charge in [-0.3, -0.25) is 9.35 Å². The molecule has 2 N–H and O–H groups in total. The highest BCUT2D eigenvalue weighted by Gasteiger charge is 2.64. The van der Waals surface area contributed by atoms with Gasteiger partial charge in [-0.25, -0.2) is 5.43 Å². The molecular weight excluding hydrogens is 376 g/mol. The summed E-state index contributed by atoms with van der Waals surface area (Å²) in [5, 5.41) is 4.56. The Hall–Kier alpha value is -0.950. The maximum absolute atomic E-state index is 13.2. The highest BCUT2D eigenvalue weighted by molar-refractivity contribution is 7.85. The van der Waals surface area contributed by atoms with E-state index in [2.05, 4.69) is 24.4 Å². The van der Waals surface area contributed by atoms with Gasteiger partial charge in [0.05, 0.1) is 11.2 Å². The van der Waals surface area contributed by atoms with Crippen LogP contribution in [0.25, 0.3) is 0 Å². The minimum Gasteiger partial charge on any atom is -0.286 e. The maximum atomic E-state index is 13.2. The second kappa shape index (κ2) is 5.81. The summed E-state index contributed by atoms with van der Waals surface area (Å²) in [6, 6.07) is 0. The van der Waals surface area contributed by atoms with Crippen molar-refractivity contribution in [3.8, 4) is 0 Å². The zero-order valence-corrected chi connectivity index (χ0v) is 17.7. The first-order chi connectivity index (χ1) is 13.0.